The SMILES string of the molecule is COC(=O)[C@H](C)NC(=O)[C@@H](NC(=O)[C@@H](Cc1ccccc1)NC(=O)[C@H](CC(=O)O)NC(=O)CNC(=O)[C@H](CCCN=C(N)N)NC(=O)OC(C)(C)C)C(C)C. The topological polar surface area (TPSA) is 312 Å². The summed E-state index contributed by atoms with van der Waals surface area (Å²) in [5.74, 6) is -7.14. The van der Waals surface area contributed by atoms with Gasteiger partial charge in [0.1, 0.15) is 35.8 Å². The molecule has 1 rings (SSSR count). The molecule has 0 heterocycles. The molecule has 20 nitrogen and oxygen atoms in total. The van der Waals surface area contributed by atoms with E-state index in [-0.39, 0.29) is 31.8 Å². The molecule has 306 valence electrons. The summed E-state index contributed by atoms with van der Waals surface area (Å²) in [6, 6.07) is 2.04. The number of carboxylic acid groups (broad SMARTS) is 1. The maximum Gasteiger partial charge on any atom is 0.408 e. The molecule has 6 amide bonds. The Labute approximate surface area is 319 Å². The zero-order valence-corrected chi connectivity index (χ0v) is 32.2. The molecule has 0 aromatic heterocycles. The first-order chi connectivity index (χ1) is 25.6. The van der Waals surface area contributed by atoms with Crippen LogP contribution in [0.4, 0.5) is 4.79 Å². The first-order valence-electron chi connectivity index (χ1n) is 17.5. The summed E-state index contributed by atoms with van der Waals surface area (Å²) in [4.78, 5) is 106. The van der Waals surface area contributed by atoms with Gasteiger partial charge in [-0.15, -0.1) is 0 Å². The smallest absolute Gasteiger partial charge is 0.408 e. The number of nitrogens with zero attached hydrogens (tertiary/aromatic N) is 1. The van der Waals surface area contributed by atoms with Crippen LogP contribution in [-0.4, -0.2) is 115 Å². The van der Waals surface area contributed by atoms with Crippen molar-refractivity contribution in [3.05, 3.63) is 35.9 Å². The number of hydrogen-bond acceptors (Lipinski definition) is 11. The molecular formula is C35H55N9O11. The number of carboxylic acids is 1. The number of esters is 1. The fraction of sp³-hybridized carbons (Fsp3) is 0.571. The van der Waals surface area contributed by atoms with Gasteiger partial charge in [-0.1, -0.05) is 44.2 Å². The number of aliphatic carboxylic acids is 1. The summed E-state index contributed by atoms with van der Waals surface area (Å²) in [7, 11) is 1.16. The molecule has 0 saturated carbocycles. The Bertz CT molecular complexity index is 1530. The van der Waals surface area contributed by atoms with Crippen molar-refractivity contribution in [3.63, 3.8) is 0 Å². The lowest BCUT2D eigenvalue weighted by Crippen LogP contribution is -2.59. The summed E-state index contributed by atoms with van der Waals surface area (Å²) in [5, 5.41) is 24.1. The number of hydrogen-bond donors (Lipinski definition) is 9. The number of carbonyl (C=O) groups is 8. The number of nitrogens with one attached hydrogen (secondary N) is 6. The van der Waals surface area contributed by atoms with Gasteiger partial charge < -0.3 is 57.9 Å². The van der Waals surface area contributed by atoms with Gasteiger partial charge >= 0.3 is 18.0 Å². The molecule has 0 aliphatic carbocycles. The Hall–Kier alpha value is -5.95. The first kappa shape index (κ1) is 47.1. The van der Waals surface area contributed by atoms with E-state index in [4.69, 9.17) is 16.2 Å². The van der Waals surface area contributed by atoms with Gasteiger partial charge in [-0.3, -0.25) is 33.8 Å². The minimum Gasteiger partial charge on any atom is -0.481 e. The van der Waals surface area contributed by atoms with Crippen LogP contribution in [0.1, 0.15) is 66.4 Å². The van der Waals surface area contributed by atoms with Crippen molar-refractivity contribution in [2.45, 2.75) is 103 Å². The first-order valence-corrected chi connectivity index (χ1v) is 17.5. The third kappa shape index (κ3) is 19.1. The van der Waals surface area contributed by atoms with Gasteiger partial charge in [0, 0.05) is 13.0 Å². The Kier molecular flexibility index (Phi) is 19.7. The van der Waals surface area contributed by atoms with Crippen molar-refractivity contribution in [2.75, 3.05) is 20.2 Å². The van der Waals surface area contributed by atoms with Gasteiger partial charge in [0.15, 0.2) is 5.96 Å². The van der Waals surface area contributed by atoms with E-state index >= 15 is 0 Å². The molecule has 0 unspecified atom stereocenters. The fourth-order valence-electron chi connectivity index (χ4n) is 4.80. The number of methoxy groups -OCH3 is 1. The number of aliphatic imine (C=N–C) groups is 1. The lowest BCUT2D eigenvalue weighted by Gasteiger charge is -2.27. The molecule has 11 N–H and O–H groups in total. The van der Waals surface area contributed by atoms with Gasteiger partial charge in [0.25, 0.3) is 0 Å². The lowest BCUT2D eigenvalue weighted by molar-refractivity contribution is -0.145. The van der Waals surface area contributed by atoms with Gasteiger partial charge in [-0.2, -0.15) is 0 Å². The average molecular weight is 778 g/mol. The summed E-state index contributed by atoms with van der Waals surface area (Å²) in [5.41, 5.74) is 10.4. The van der Waals surface area contributed by atoms with E-state index < -0.39 is 102 Å². The van der Waals surface area contributed by atoms with Crippen LogP contribution in [0.5, 0.6) is 0 Å². The molecule has 20 heteroatoms. The normalized spacial score (nSPS) is 13.7. The molecule has 0 aliphatic heterocycles. The third-order valence-electron chi connectivity index (χ3n) is 7.48. The van der Waals surface area contributed by atoms with Crippen LogP contribution >= 0.6 is 0 Å². The Balaban J connectivity index is 3.17. The summed E-state index contributed by atoms with van der Waals surface area (Å²) in [6.45, 7) is 8.99. The van der Waals surface area contributed by atoms with Crippen LogP contribution in [0.3, 0.4) is 0 Å². The molecule has 55 heavy (non-hydrogen) atoms. The van der Waals surface area contributed by atoms with Crippen molar-refractivity contribution in [1.82, 2.24) is 31.9 Å². The minimum atomic E-state index is -1.71. The molecule has 0 saturated heterocycles. The largest absolute Gasteiger partial charge is 0.481 e. The van der Waals surface area contributed by atoms with Crippen molar-refractivity contribution >= 4 is 53.5 Å². The van der Waals surface area contributed by atoms with Gasteiger partial charge in [-0.25, -0.2) is 9.59 Å². The van der Waals surface area contributed by atoms with Gasteiger partial charge in [0.2, 0.25) is 29.5 Å². The van der Waals surface area contributed by atoms with E-state index in [1.165, 1.54) is 6.92 Å². The summed E-state index contributed by atoms with van der Waals surface area (Å²) in [6.07, 6.45) is -1.60. The molecular weight excluding hydrogens is 722 g/mol. The Morgan fingerprint density at radius 1 is 0.800 bits per heavy atom. The number of carbonyl (C=O) groups excluding carboxylic acids is 7. The molecule has 0 radical (unpaired) electrons. The zero-order chi connectivity index (χ0) is 41.9. The molecule has 0 fully saturated rings. The second-order valence-corrected chi connectivity index (χ2v) is 13.8. The van der Waals surface area contributed by atoms with Crippen LogP contribution in [-0.2, 0) is 49.5 Å². The fourth-order valence-corrected chi connectivity index (χ4v) is 4.80. The summed E-state index contributed by atoms with van der Waals surface area (Å²) < 4.78 is 9.86. The Morgan fingerprint density at radius 2 is 1.42 bits per heavy atom. The van der Waals surface area contributed by atoms with Crippen LogP contribution < -0.4 is 43.4 Å². The summed E-state index contributed by atoms with van der Waals surface area (Å²) >= 11 is 0. The highest BCUT2D eigenvalue weighted by molar-refractivity contribution is 5.97. The predicted octanol–water partition coefficient (Wildman–Crippen LogP) is -1.44. The Morgan fingerprint density at radius 3 is 1.96 bits per heavy atom. The number of nitrogens with two attached hydrogens (primary N) is 2. The number of ether oxygens (including phenoxy) is 2. The number of guanidine groups is 1. The highest BCUT2D eigenvalue weighted by atomic mass is 16.6. The monoisotopic (exact) mass is 777 g/mol. The second kappa shape index (κ2) is 23.0. The van der Waals surface area contributed by atoms with Crippen LogP contribution in [0, 0.1) is 5.92 Å². The van der Waals surface area contributed by atoms with E-state index in [2.05, 4.69) is 41.6 Å². The molecule has 0 spiro atoms. The zero-order valence-electron chi connectivity index (χ0n) is 32.2. The molecule has 0 bridgehead atoms. The van der Waals surface area contributed by atoms with Crippen molar-refractivity contribution < 1.29 is 52.9 Å². The van der Waals surface area contributed by atoms with Crippen LogP contribution in [0.25, 0.3) is 0 Å². The molecule has 1 aromatic carbocycles. The maximum absolute atomic E-state index is 13.7. The highest BCUT2D eigenvalue weighted by Crippen LogP contribution is 2.10. The van der Waals surface area contributed by atoms with Crippen molar-refractivity contribution in [3.8, 4) is 0 Å². The van der Waals surface area contributed by atoms with E-state index in [0.29, 0.717) is 5.56 Å². The lowest BCUT2D eigenvalue weighted by atomic mass is 10.0. The number of benzene rings is 1. The minimum absolute atomic E-state index is 0.0437. The average Bonchev–Trinajstić information content (AvgIpc) is 3.08. The molecule has 5 atom stereocenters. The molecule has 1 aromatic rings. The number of rotatable bonds is 21. The third-order valence-corrected chi connectivity index (χ3v) is 7.48. The highest BCUT2D eigenvalue weighted by Gasteiger charge is 2.33. The maximum atomic E-state index is 13.7. The van der Waals surface area contributed by atoms with Crippen molar-refractivity contribution in [2.24, 2.45) is 22.4 Å². The number of amides is 6. The predicted molar refractivity (Wildman–Crippen MR) is 199 cm³/mol. The quantitative estimate of drug-likeness (QED) is 0.0299. The van der Waals surface area contributed by atoms with E-state index in [9.17, 15) is 43.5 Å². The second-order valence-electron chi connectivity index (χ2n) is 13.8. The van der Waals surface area contributed by atoms with Crippen LogP contribution in [0.2, 0.25) is 0 Å². The number of alkyl carbamates (subject to hydrolysis) is 1. The van der Waals surface area contributed by atoms with Crippen molar-refractivity contribution in [1.29, 1.82) is 0 Å². The van der Waals surface area contributed by atoms with Gasteiger partial charge in [0.05, 0.1) is 20.1 Å². The molecule has 0 aliphatic rings. The van der Waals surface area contributed by atoms with E-state index in [1.807, 2.05) is 0 Å². The van der Waals surface area contributed by atoms with Crippen LogP contribution in [0.15, 0.2) is 35.3 Å². The van der Waals surface area contributed by atoms with Gasteiger partial charge in [-0.05, 0) is 52.0 Å². The van der Waals surface area contributed by atoms with E-state index in [0.717, 1.165) is 7.11 Å². The van der Waals surface area contributed by atoms with E-state index in [1.54, 1.807) is 65.0 Å². The standard InChI is InChI=1S/C35H55N9O11/c1-19(2)27(31(51)40-20(3)32(52)54-7)44-30(50)23(16-21-12-9-8-10-13-21)42-29(49)24(17-26(46)47)41-25(45)18-39-28(48)22(14-11-15-38-33(36)37)43-34(53)55-35(4,5)6/h8-10,12-13,19-20,22-24,27H,11,14-18H2,1-7H3,(H,39,48)(H,40,51)(H,41,45)(H,42,49)(H,43,53)(H,44,50)(H,46,47)(H4,36,37,38)/t20-,22-,23+,24-,27-/m0/s1.